The average Bonchev–Trinajstić information content (AvgIpc) is 2.71. The highest BCUT2D eigenvalue weighted by Crippen LogP contribution is 2.36. The van der Waals surface area contributed by atoms with Gasteiger partial charge >= 0.3 is 0 Å². The molecule has 1 aliphatic carbocycles. The predicted octanol–water partition coefficient (Wildman–Crippen LogP) is 7.75. The third kappa shape index (κ3) is 4.42. The second-order valence-corrected chi connectivity index (χ2v) is 8.02. The van der Waals surface area contributed by atoms with Gasteiger partial charge in [0.25, 0.3) is 0 Å². The zero-order valence-electron chi connectivity index (χ0n) is 16.3. The van der Waals surface area contributed by atoms with Crippen molar-refractivity contribution >= 4 is 0 Å². The van der Waals surface area contributed by atoms with E-state index in [2.05, 4.69) is 74.5 Å². The van der Waals surface area contributed by atoms with Gasteiger partial charge in [-0.05, 0) is 72.6 Å². The first kappa shape index (κ1) is 17.9. The molecule has 4 rings (SSSR count). The SMILES string of the molecule is Cc1ccc(-c2ccc(Oc3ccc(C4CCC(C)CC4)cc3)cc2)cc1. The average molecular weight is 357 g/mol. The molecule has 0 unspecified atom stereocenters. The summed E-state index contributed by atoms with van der Waals surface area (Å²) in [7, 11) is 0. The van der Waals surface area contributed by atoms with Gasteiger partial charge in [-0.1, -0.05) is 73.9 Å². The van der Waals surface area contributed by atoms with Crippen LogP contribution >= 0.6 is 0 Å². The fourth-order valence-electron chi connectivity index (χ4n) is 4.00. The fourth-order valence-corrected chi connectivity index (χ4v) is 4.00. The number of ether oxygens (including phenoxy) is 1. The van der Waals surface area contributed by atoms with E-state index in [0.29, 0.717) is 0 Å². The van der Waals surface area contributed by atoms with E-state index >= 15 is 0 Å². The van der Waals surface area contributed by atoms with E-state index in [-0.39, 0.29) is 0 Å². The summed E-state index contributed by atoms with van der Waals surface area (Å²) < 4.78 is 6.05. The Bertz CT molecular complexity index is 852. The molecule has 1 heteroatoms. The largest absolute Gasteiger partial charge is 0.457 e. The number of hydrogen-bond donors (Lipinski definition) is 0. The van der Waals surface area contributed by atoms with E-state index in [9.17, 15) is 0 Å². The van der Waals surface area contributed by atoms with Gasteiger partial charge in [0.2, 0.25) is 0 Å². The molecule has 0 N–H and O–H groups in total. The maximum atomic E-state index is 6.05. The lowest BCUT2D eigenvalue weighted by atomic mass is 9.79. The molecule has 3 aromatic carbocycles. The van der Waals surface area contributed by atoms with Crippen molar-refractivity contribution in [3.63, 3.8) is 0 Å². The first-order valence-electron chi connectivity index (χ1n) is 10.1. The van der Waals surface area contributed by atoms with Crippen molar-refractivity contribution in [3.05, 3.63) is 83.9 Å². The third-order valence-corrected chi connectivity index (χ3v) is 5.84. The van der Waals surface area contributed by atoms with Gasteiger partial charge < -0.3 is 4.74 Å². The molecule has 0 spiro atoms. The minimum Gasteiger partial charge on any atom is -0.457 e. The van der Waals surface area contributed by atoms with Gasteiger partial charge in [-0.3, -0.25) is 0 Å². The first-order chi connectivity index (χ1) is 13.2. The highest BCUT2D eigenvalue weighted by atomic mass is 16.5. The van der Waals surface area contributed by atoms with E-state index in [1.165, 1.54) is 47.9 Å². The predicted molar refractivity (Wildman–Crippen MR) is 114 cm³/mol. The molecule has 27 heavy (non-hydrogen) atoms. The number of rotatable bonds is 4. The molecule has 3 aromatic rings. The quantitative estimate of drug-likeness (QED) is 0.464. The molecule has 1 nitrogen and oxygen atoms in total. The van der Waals surface area contributed by atoms with Crippen LogP contribution in [0.4, 0.5) is 0 Å². The normalized spacial score (nSPS) is 19.6. The van der Waals surface area contributed by atoms with Gasteiger partial charge in [0, 0.05) is 0 Å². The summed E-state index contributed by atoms with van der Waals surface area (Å²) >= 11 is 0. The Labute approximate surface area is 163 Å². The van der Waals surface area contributed by atoms with E-state index < -0.39 is 0 Å². The van der Waals surface area contributed by atoms with Crippen molar-refractivity contribution in [3.8, 4) is 22.6 Å². The summed E-state index contributed by atoms with van der Waals surface area (Å²) in [6.07, 6.45) is 5.36. The zero-order chi connectivity index (χ0) is 18.6. The van der Waals surface area contributed by atoms with E-state index in [0.717, 1.165) is 23.3 Å². The monoisotopic (exact) mass is 356 g/mol. The highest BCUT2D eigenvalue weighted by Gasteiger charge is 2.19. The maximum Gasteiger partial charge on any atom is 0.127 e. The topological polar surface area (TPSA) is 9.23 Å². The van der Waals surface area contributed by atoms with E-state index in [1.54, 1.807) is 0 Å². The maximum absolute atomic E-state index is 6.05. The summed E-state index contributed by atoms with van der Waals surface area (Å²) in [5.74, 6) is 3.41. The molecule has 0 bridgehead atoms. The van der Waals surface area contributed by atoms with Crippen LogP contribution in [0.25, 0.3) is 11.1 Å². The Hall–Kier alpha value is -2.54. The molecule has 0 saturated heterocycles. The lowest BCUT2D eigenvalue weighted by Crippen LogP contribution is -2.10. The molecular formula is C26H28O. The van der Waals surface area contributed by atoms with Crippen LogP contribution in [0, 0.1) is 12.8 Å². The Morgan fingerprint density at radius 2 is 1.11 bits per heavy atom. The van der Waals surface area contributed by atoms with Crippen LogP contribution in [0.15, 0.2) is 72.8 Å². The van der Waals surface area contributed by atoms with Crippen LogP contribution in [-0.4, -0.2) is 0 Å². The van der Waals surface area contributed by atoms with Gasteiger partial charge in [0.05, 0.1) is 0 Å². The van der Waals surface area contributed by atoms with Crippen molar-refractivity contribution < 1.29 is 4.74 Å². The second-order valence-electron chi connectivity index (χ2n) is 8.02. The molecule has 138 valence electrons. The lowest BCUT2D eigenvalue weighted by molar-refractivity contribution is 0.348. The van der Waals surface area contributed by atoms with Crippen molar-refractivity contribution in [2.45, 2.75) is 45.4 Å². The first-order valence-corrected chi connectivity index (χ1v) is 10.1. The van der Waals surface area contributed by atoms with Crippen LogP contribution in [0.3, 0.4) is 0 Å². The van der Waals surface area contributed by atoms with Crippen LogP contribution in [0.5, 0.6) is 11.5 Å². The molecule has 1 fully saturated rings. The van der Waals surface area contributed by atoms with Crippen molar-refractivity contribution in [1.82, 2.24) is 0 Å². The van der Waals surface area contributed by atoms with E-state index in [4.69, 9.17) is 4.74 Å². The smallest absolute Gasteiger partial charge is 0.127 e. The molecule has 0 aliphatic heterocycles. The van der Waals surface area contributed by atoms with Gasteiger partial charge in [-0.15, -0.1) is 0 Å². The molecule has 0 heterocycles. The molecule has 0 radical (unpaired) electrons. The van der Waals surface area contributed by atoms with Gasteiger partial charge in [0.15, 0.2) is 0 Å². The fraction of sp³-hybridized carbons (Fsp3) is 0.308. The number of aryl methyl sites for hydroxylation is 1. The summed E-state index contributed by atoms with van der Waals surface area (Å²) in [6.45, 7) is 4.48. The number of benzene rings is 3. The van der Waals surface area contributed by atoms with Crippen molar-refractivity contribution in [2.24, 2.45) is 5.92 Å². The van der Waals surface area contributed by atoms with Gasteiger partial charge in [0.1, 0.15) is 11.5 Å². The Morgan fingerprint density at radius 3 is 1.67 bits per heavy atom. The Morgan fingerprint density at radius 1 is 0.630 bits per heavy atom. The number of hydrogen-bond acceptors (Lipinski definition) is 1. The molecule has 0 atom stereocenters. The highest BCUT2D eigenvalue weighted by molar-refractivity contribution is 5.64. The van der Waals surface area contributed by atoms with Crippen LogP contribution < -0.4 is 4.74 Å². The molecule has 1 saturated carbocycles. The van der Waals surface area contributed by atoms with Gasteiger partial charge in [-0.2, -0.15) is 0 Å². The van der Waals surface area contributed by atoms with Crippen LogP contribution in [0.1, 0.15) is 49.7 Å². The van der Waals surface area contributed by atoms with Crippen molar-refractivity contribution in [1.29, 1.82) is 0 Å². The minimum atomic E-state index is 0.726. The Balaban J connectivity index is 1.41. The van der Waals surface area contributed by atoms with Gasteiger partial charge in [-0.25, -0.2) is 0 Å². The van der Waals surface area contributed by atoms with Crippen LogP contribution in [0.2, 0.25) is 0 Å². The summed E-state index contributed by atoms with van der Waals surface area (Å²) in [6, 6.07) is 25.7. The second kappa shape index (κ2) is 8.00. The minimum absolute atomic E-state index is 0.726. The lowest BCUT2D eigenvalue weighted by Gasteiger charge is -2.26. The molecular weight excluding hydrogens is 328 g/mol. The molecule has 0 aromatic heterocycles. The van der Waals surface area contributed by atoms with Crippen molar-refractivity contribution in [2.75, 3.05) is 0 Å². The van der Waals surface area contributed by atoms with Crippen LogP contribution in [-0.2, 0) is 0 Å². The summed E-state index contributed by atoms with van der Waals surface area (Å²) in [5.41, 5.74) is 5.19. The molecule has 1 aliphatic rings. The third-order valence-electron chi connectivity index (χ3n) is 5.84. The molecule has 0 amide bonds. The summed E-state index contributed by atoms with van der Waals surface area (Å²) in [5, 5.41) is 0. The standard InChI is InChI=1S/C26H28O/c1-19-3-7-21(8-4-19)23-11-15-25(16-12-23)27-26-17-13-24(14-18-26)22-9-5-20(2)6-10-22/h3-4,7-8,11-18,20,22H,5-6,9-10H2,1-2H3. The zero-order valence-corrected chi connectivity index (χ0v) is 16.3. The Kier molecular flexibility index (Phi) is 5.29. The summed E-state index contributed by atoms with van der Waals surface area (Å²) in [4.78, 5) is 0. The van der Waals surface area contributed by atoms with E-state index in [1.807, 2.05) is 12.1 Å².